The molecule has 0 bridgehead atoms. The lowest BCUT2D eigenvalue weighted by molar-refractivity contribution is 0.0500. The van der Waals surface area contributed by atoms with Crippen LogP contribution in [0.4, 0.5) is 0 Å². The summed E-state index contributed by atoms with van der Waals surface area (Å²) in [7, 11) is 0. The number of nitrogens with zero attached hydrogens (tertiary/aromatic N) is 1. The number of hydrogen-bond acceptors (Lipinski definition) is 2. The predicted octanol–water partition coefficient (Wildman–Crippen LogP) is 3.89. The van der Waals surface area contributed by atoms with E-state index in [9.17, 15) is 5.11 Å². The van der Waals surface area contributed by atoms with Gasteiger partial charge >= 0.3 is 0 Å². The molecule has 0 radical (unpaired) electrons. The minimum Gasteiger partial charge on any atom is -0.396 e. The molecule has 2 aliphatic rings. The van der Waals surface area contributed by atoms with Crippen molar-refractivity contribution in [1.29, 1.82) is 0 Å². The van der Waals surface area contributed by atoms with E-state index in [0.717, 1.165) is 36.9 Å². The Labute approximate surface area is 126 Å². The molecule has 1 aliphatic heterocycles. The van der Waals surface area contributed by atoms with Gasteiger partial charge < -0.3 is 5.11 Å². The number of aliphatic hydroxyl groups is 1. The first kappa shape index (κ1) is 14.4. The van der Waals surface area contributed by atoms with Crippen LogP contribution in [-0.4, -0.2) is 29.7 Å². The maximum Gasteiger partial charge on any atom is 0.0460 e. The molecular weight excluding hydrogens is 270 g/mol. The molecule has 1 aromatic carbocycles. The molecule has 0 amide bonds. The van der Waals surface area contributed by atoms with Crippen molar-refractivity contribution in [2.45, 2.75) is 38.1 Å². The molecule has 110 valence electrons. The Hall–Kier alpha value is -0.570. The maximum atomic E-state index is 9.30. The topological polar surface area (TPSA) is 23.5 Å². The van der Waals surface area contributed by atoms with E-state index in [1.807, 2.05) is 12.1 Å². The second-order valence-corrected chi connectivity index (χ2v) is 6.79. The summed E-state index contributed by atoms with van der Waals surface area (Å²) >= 11 is 6.03. The van der Waals surface area contributed by atoms with Crippen molar-refractivity contribution < 1.29 is 5.11 Å². The molecule has 1 atom stereocenters. The van der Waals surface area contributed by atoms with Crippen LogP contribution in [0.15, 0.2) is 24.3 Å². The van der Waals surface area contributed by atoms with E-state index in [2.05, 4.69) is 17.0 Å². The summed E-state index contributed by atoms with van der Waals surface area (Å²) in [5.74, 6) is 1.32. The quantitative estimate of drug-likeness (QED) is 0.910. The van der Waals surface area contributed by atoms with E-state index in [1.165, 1.54) is 24.8 Å². The molecule has 1 aliphatic carbocycles. The lowest BCUT2D eigenvalue weighted by Gasteiger charge is -2.44. The van der Waals surface area contributed by atoms with Crippen LogP contribution in [0.3, 0.4) is 0 Å². The zero-order valence-corrected chi connectivity index (χ0v) is 12.7. The number of hydrogen-bond donors (Lipinski definition) is 1. The van der Waals surface area contributed by atoms with Crippen molar-refractivity contribution in [3.63, 3.8) is 0 Å². The molecule has 2 fully saturated rings. The van der Waals surface area contributed by atoms with Crippen molar-refractivity contribution in [3.05, 3.63) is 34.9 Å². The van der Waals surface area contributed by atoms with Crippen molar-refractivity contribution in [2.75, 3.05) is 19.7 Å². The van der Waals surface area contributed by atoms with Crippen LogP contribution in [0.2, 0.25) is 5.02 Å². The summed E-state index contributed by atoms with van der Waals surface area (Å²) in [5.41, 5.74) is 1.42. The molecule has 3 rings (SSSR count). The van der Waals surface area contributed by atoms with E-state index in [1.54, 1.807) is 0 Å². The van der Waals surface area contributed by atoms with E-state index < -0.39 is 0 Å². The maximum absolute atomic E-state index is 9.30. The Kier molecular flexibility index (Phi) is 4.65. The van der Waals surface area contributed by atoms with Gasteiger partial charge in [-0.2, -0.15) is 0 Å². The molecule has 1 aromatic rings. The highest BCUT2D eigenvalue weighted by atomic mass is 35.5. The third-order valence-electron chi connectivity index (χ3n) is 5.11. The van der Waals surface area contributed by atoms with E-state index >= 15 is 0 Å². The van der Waals surface area contributed by atoms with Gasteiger partial charge in [0.05, 0.1) is 0 Å². The number of likely N-dealkylation sites (tertiary alicyclic amines) is 1. The Morgan fingerprint density at radius 1 is 1.10 bits per heavy atom. The fourth-order valence-electron chi connectivity index (χ4n) is 3.61. The van der Waals surface area contributed by atoms with Gasteiger partial charge in [-0.15, -0.1) is 0 Å². The second kappa shape index (κ2) is 6.46. The van der Waals surface area contributed by atoms with Crippen molar-refractivity contribution in [3.8, 4) is 0 Å². The largest absolute Gasteiger partial charge is 0.396 e. The summed E-state index contributed by atoms with van der Waals surface area (Å²) < 4.78 is 0. The first-order chi connectivity index (χ1) is 9.78. The predicted molar refractivity (Wildman–Crippen MR) is 82.9 cm³/mol. The molecule has 20 heavy (non-hydrogen) atoms. The Morgan fingerprint density at radius 2 is 1.75 bits per heavy atom. The zero-order valence-electron chi connectivity index (χ0n) is 12.0. The normalized spacial score (nSPS) is 23.5. The number of rotatable bonds is 4. The molecule has 2 nitrogen and oxygen atoms in total. The van der Waals surface area contributed by atoms with Gasteiger partial charge in [-0.05, 0) is 68.3 Å². The highest BCUT2D eigenvalue weighted by molar-refractivity contribution is 6.30. The summed E-state index contributed by atoms with van der Waals surface area (Å²) in [6.07, 6.45) is 6.35. The number of halogens is 1. The third-order valence-corrected chi connectivity index (χ3v) is 5.36. The summed E-state index contributed by atoms with van der Waals surface area (Å²) in [6.45, 7) is 2.59. The fourth-order valence-corrected chi connectivity index (χ4v) is 3.74. The SMILES string of the molecule is OCC1CCN(C(c2ccc(Cl)cc2)C2CCC2)CC1. The minimum atomic E-state index is 0.350. The molecule has 3 heteroatoms. The minimum absolute atomic E-state index is 0.350. The Morgan fingerprint density at radius 3 is 2.25 bits per heavy atom. The van der Waals surface area contributed by atoms with E-state index in [-0.39, 0.29) is 0 Å². The van der Waals surface area contributed by atoms with Crippen molar-refractivity contribution in [1.82, 2.24) is 4.90 Å². The van der Waals surface area contributed by atoms with Crippen LogP contribution in [0.25, 0.3) is 0 Å². The fraction of sp³-hybridized carbons (Fsp3) is 0.647. The van der Waals surface area contributed by atoms with Gasteiger partial charge in [0.25, 0.3) is 0 Å². The molecular formula is C17H24ClNO. The first-order valence-corrected chi connectivity index (χ1v) is 8.26. The van der Waals surface area contributed by atoms with E-state index in [0.29, 0.717) is 18.6 Å². The summed E-state index contributed by atoms with van der Waals surface area (Å²) in [5, 5.41) is 10.1. The smallest absolute Gasteiger partial charge is 0.0460 e. The van der Waals surface area contributed by atoms with Crippen LogP contribution in [-0.2, 0) is 0 Å². The van der Waals surface area contributed by atoms with Gasteiger partial charge in [0, 0.05) is 17.7 Å². The molecule has 1 saturated carbocycles. The van der Waals surface area contributed by atoms with Crippen molar-refractivity contribution in [2.24, 2.45) is 11.8 Å². The van der Waals surface area contributed by atoms with Crippen LogP contribution < -0.4 is 0 Å². The van der Waals surface area contributed by atoms with Crippen LogP contribution in [0.1, 0.15) is 43.7 Å². The number of aliphatic hydroxyl groups excluding tert-OH is 1. The molecule has 1 N–H and O–H groups in total. The zero-order chi connectivity index (χ0) is 13.9. The van der Waals surface area contributed by atoms with Gasteiger partial charge in [-0.1, -0.05) is 30.2 Å². The summed E-state index contributed by atoms with van der Waals surface area (Å²) in [6, 6.07) is 8.99. The van der Waals surface area contributed by atoms with Gasteiger partial charge in [-0.3, -0.25) is 4.90 Å². The van der Waals surface area contributed by atoms with Gasteiger partial charge in [-0.25, -0.2) is 0 Å². The molecule has 1 heterocycles. The van der Waals surface area contributed by atoms with Crippen molar-refractivity contribution >= 4 is 11.6 Å². The standard InChI is InChI=1S/C17H24ClNO/c18-16-6-4-15(5-7-16)17(14-2-1-3-14)19-10-8-13(12-20)9-11-19/h4-7,13-14,17,20H,1-3,8-12H2. The lowest BCUT2D eigenvalue weighted by Crippen LogP contribution is -2.42. The van der Waals surface area contributed by atoms with Gasteiger partial charge in [0.1, 0.15) is 0 Å². The second-order valence-electron chi connectivity index (χ2n) is 6.35. The van der Waals surface area contributed by atoms with Gasteiger partial charge in [0.15, 0.2) is 0 Å². The lowest BCUT2D eigenvalue weighted by atomic mass is 9.75. The van der Waals surface area contributed by atoms with Crippen LogP contribution in [0, 0.1) is 11.8 Å². The number of piperidine rings is 1. The molecule has 1 unspecified atom stereocenters. The monoisotopic (exact) mass is 293 g/mol. The highest BCUT2D eigenvalue weighted by Crippen LogP contribution is 2.42. The number of benzene rings is 1. The molecule has 0 aromatic heterocycles. The molecule has 1 saturated heterocycles. The van der Waals surface area contributed by atoms with Gasteiger partial charge in [0.2, 0.25) is 0 Å². The Bertz CT molecular complexity index is 421. The first-order valence-electron chi connectivity index (χ1n) is 7.88. The molecule has 0 spiro atoms. The Balaban J connectivity index is 1.75. The highest BCUT2D eigenvalue weighted by Gasteiger charge is 2.34. The van der Waals surface area contributed by atoms with Crippen LogP contribution >= 0.6 is 11.6 Å². The average molecular weight is 294 g/mol. The third kappa shape index (κ3) is 3.03. The van der Waals surface area contributed by atoms with E-state index in [4.69, 9.17) is 11.6 Å². The average Bonchev–Trinajstić information content (AvgIpc) is 2.44. The summed E-state index contributed by atoms with van der Waals surface area (Å²) in [4.78, 5) is 2.64. The van der Waals surface area contributed by atoms with Crippen LogP contribution in [0.5, 0.6) is 0 Å².